The molecule has 1 aromatic rings. The van der Waals surface area contributed by atoms with Gasteiger partial charge in [0.1, 0.15) is 6.10 Å². The van der Waals surface area contributed by atoms with Crippen LogP contribution in [0.15, 0.2) is 24.3 Å². The first-order valence-corrected chi connectivity index (χ1v) is 9.00. The monoisotopic (exact) mass is 394 g/mol. The van der Waals surface area contributed by atoms with E-state index in [0.717, 1.165) is 11.1 Å². The van der Waals surface area contributed by atoms with Gasteiger partial charge in [-0.2, -0.15) is 0 Å². The van der Waals surface area contributed by atoms with Crippen molar-refractivity contribution in [3.63, 3.8) is 0 Å². The lowest BCUT2D eigenvalue weighted by atomic mass is 9.94. The molecule has 0 N–H and O–H groups in total. The number of hydrogen-bond donors (Lipinski definition) is 0. The molecule has 0 aromatic heterocycles. The van der Waals surface area contributed by atoms with Crippen molar-refractivity contribution in [2.45, 2.75) is 58.2 Å². The van der Waals surface area contributed by atoms with Crippen LogP contribution < -0.4 is 0 Å². The number of methoxy groups -OCH3 is 1. The average molecular weight is 394 g/mol. The lowest BCUT2D eigenvalue weighted by Gasteiger charge is -2.40. The van der Waals surface area contributed by atoms with Crippen LogP contribution in [0.4, 0.5) is 0 Å². The Morgan fingerprint density at radius 1 is 0.893 bits per heavy atom. The van der Waals surface area contributed by atoms with Gasteiger partial charge in [0.05, 0.1) is 13.2 Å². The molecule has 154 valence electrons. The summed E-state index contributed by atoms with van der Waals surface area (Å²) in [6.45, 7) is 4.29. The third kappa shape index (κ3) is 6.31. The SMILES string of the molecule is COCc1ccc(C[C@@H]2OC[C@@H](OC(C)=O)C(OC(C)=O)C2OC(C)=O)cc1. The van der Waals surface area contributed by atoms with E-state index in [4.69, 9.17) is 23.7 Å². The first kappa shape index (κ1) is 21.8. The minimum Gasteiger partial charge on any atom is -0.456 e. The zero-order chi connectivity index (χ0) is 20.7. The molecule has 0 amide bonds. The zero-order valence-electron chi connectivity index (χ0n) is 16.5. The predicted octanol–water partition coefficient (Wildman–Crippen LogP) is 1.57. The normalized spacial score (nSPS) is 24.3. The second-order valence-corrected chi connectivity index (χ2v) is 6.62. The Kier molecular flexibility index (Phi) is 7.95. The number of carbonyl (C=O) groups is 3. The molecule has 0 bridgehead atoms. The number of rotatable bonds is 7. The van der Waals surface area contributed by atoms with Gasteiger partial charge in [-0.25, -0.2) is 0 Å². The Bertz CT molecular complexity index is 684. The molecular formula is C20H26O8. The lowest BCUT2D eigenvalue weighted by molar-refractivity contribution is -0.225. The fraction of sp³-hybridized carbons (Fsp3) is 0.550. The van der Waals surface area contributed by atoms with E-state index in [1.165, 1.54) is 20.8 Å². The van der Waals surface area contributed by atoms with Gasteiger partial charge in [-0.15, -0.1) is 0 Å². The Labute approximate surface area is 164 Å². The van der Waals surface area contributed by atoms with Crippen molar-refractivity contribution in [1.29, 1.82) is 0 Å². The molecule has 1 aromatic carbocycles. The van der Waals surface area contributed by atoms with Crippen LogP contribution in [-0.2, 0) is 51.1 Å². The van der Waals surface area contributed by atoms with Crippen LogP contribution in [0.3, 0.4) is 0 Å². The standard InChI is InChI=1S/C20H26O8/c1-12(21)26-18-11-25-17(9-15-5-7-16(8-6-15)10-24-4)19(27-13(2)22)20(18)28-14(3)23/h5-8,17-20H,9-11H2,1-4H3/t17-,18+,19?,20?/m0/s1. The molecule has 1 saturated heterocycles. The van der Waals surface area contributed by atoms with Crippen molar-refractivity contribution in [3.8, 4) is 0 Å². The van der Waals surface area contributed by atoms with Gasteiger partial charge in [0.2, 0.25) is 0 Å². The maximum atomic E-state index is 11.6. The van der Waals surface area contributed by atoms with E-state index in [2.05, 4.69) is 0 Å². The van der Waals surface area contributed by atoms with Gasteiger partial charge >= 0.3 is 17.9 Å². The van der Waals surface area contributed by atoms with Crippen molar-refractivity contribution in [2.75, 3.05) is 13.7 Å². The van der Waals surface area contributed by atoms with Gasteiger partial charge in [-0.05, 0) is 11.1 Å². The summed E-state index contributed by atoms with van der Waals surface area (Å²) in [6.07, 6.45) is -2.84. The third-order valence-electron chi connectivity index (χ3n) is 4.22. The summed E-state index contributed by atoms with van der Waals surface area (Å²) in [4.78, 5) is 34.6. The first-order valence-electron chi connectivity index (χ1n) is 9.00. The summed E-state index contributed by atoms with van der Waals surface area (Å²) in [7, 11) is 1.63. The smallest absolute Gasteiger partial charge is 0.303 e. The molecule has 0 spiro atoms. The molecule has 1 aliphatic rings. The number of carbonyl (C=O) groups excluding carboxylic acids is 3. The summed E-state index contributed by atoms with van der Waals surface area (Å²) in [5, 5.41) is 0. The maximum absolute atomic E-state index is 11.6. The highest BCUT2D eigenvalue weighted by molar-refractivity contribution is 5.68. The van der Waals surface area contributed by atoms with Crippen molar-refractivity contribution in [2.24, 2.45) is 0 Å². The molecule has 28 heavy (non-hydrogen) atoms. The highest BCUT2D eigenvalue weighted by Gasteiger charge is 2.46. The van der Waals surface area contributed by atoms with Crippen LogP contribution in [0, 0.1) is 0 Å². The highest BCUT2D eigenvalue weighted by atomic mass is 16.6. The van der Waals surface area contributed by atoms with E-state index in [1.807, 2.05) is 24.3 Å². The van der Waals surface area contributed by atoms with Crippen LogP contribution in [0.25, 0.3) is 0 Å². The molecule has 0 saturated carbocycles. The van der Waals surface area contributed by atoms with E-state index in [-0.39, 0.29) is 6.61 Å². The van der Waals surface area contributed by atoms with Gasteiger partial charge in [0.25, 0.3) is 0 Å². The summed E-state index contributed by atoms with van der Waals surface area (Å²) in [5.41, 5.74) is 1.98. The topological polar surface area (TPSA) is 97.4 Å². The molecular weight excluding hydrogens is 368 g/mol. The summed E-state index contributed by atoms with van der Waals surface area (Å²) < 4.78 is 26.9. The van der Waals surface area contributed by atoms with E-state index >= 15 is 0 Å². The molecule has 2 rings (SSSR count). The quantitative estimate of drug-likeness (QED) is 0.508. The minimum absolute atomic E-state index is 0.0295. The number of esters is 3. The summed E-state index contributed by atoms with van der Waals surface area (Å²) in [6, 6.07) is 7.74. The Balaban J connectivity index is 2.22. The number of benzene rings is 1. The second kappa shape index (κ2) is 10.2. The van der Waals surface area contributed by atoms with Crippen molar-refractivity contribution in [1.82, 2.24) is 0 Å². The zero-order valence-corrected chi connectivity index (χ0v) is 16.5. The van der Waals surface area contributed by atoms with Gasteiger partial charge < -0.3 is 23.7 Å². The molecule has 0 radical (unpaired) electrons. The predicted molar refractivity (Wildman–Crippen MR) is 97.3 cm³/mol. The molecule has 1 aliphatic heterocycles. The summed E-state index contributed by atoms with van der Waals surface area (Å²) >= 11 is 0. The summed E-state index contributed by atoms with van der Waals surface area (Å²) in [5.74, 6) is -1.65. The van der Waals surface area contributed by atoms with Gasteiger partial charge in [-0.1, -0.05) is 24.3 Å². The van der Waals surface area contributed by atoms with Crippen LogP contribution >= 0.6 is 0 Å². The molecule has 4 atom stereocenters. The molecule has 8 heteroatoms. The van der Waals surface area contributed by atoms with E-state index in [1.54, 1.807) is 7.11 Å². The van der Waals surface area contributed by atoms with E-state index < -0.39 is 42.3 Å². The average Bonchev–Trinajstić information content (AvgIpc) is 2.60. The van der Waals surface area contributed by atoms with E-state index in [0.29, 0.717) is 13.0 Å². The fourth-order valence-corrected chi connectivity index (χ4v) is 3.16. The van der Waals surface area contributed by atoms with E-state index in [9.17, 15) is 14.4 Å². The fourth-order valence-electron chi connectivity index (χ4n) is 3.16. The van der Waals surface area contributed by atoms with Crippen molar-refractivity contribution in [3.05, 3.63) is 35.4 Å². The molecule has 1 fully saturated rings. The molecule has 0 aliphatic carbocycles. The van der Waals surface area contributed by atoms with Crippen LogP contribution in [0.2, 0.25) is 0 Å². The first-order chi connectivity index (χ1) is 13.3. The van der Waals surface area contributed by atoms with Crippen LogP contribution in [-0.4, -0.2) is 56.0 Å². The number of hydrogen-bond acceptors (Lipinski definition) is 8. The number of ether oxygens (including phenoxy) is 5. The van der Waals surface area contributed by atoms with Gasteiger partial charge in [0.15, 0.2) is 18.3 Å². The van der Waals surface area contributed by atoms with Gasteiger partial charge in [-0.3, -0.25) is 14.4 Å². The molecule has 8 nitrogen and oxygen atoms in total. The molecule has 1 heterocycles. The largest absolute Gasteiger partial charge is 0.456 e. The Morgan fingerprint density at radius 2 is 1.43 bits per heavy atom. The highest BCUT2D eigenvalue weighted by Crippen LogP contribution is 2.27. The second-order valence-electron chi connectivity index (χ2n) is 6.62. The van der Waals surface area contributed by atoms with Gasteiger partial charge in [0, 0.05) is 34.3 Å². The van der Waals surface area contributed by atoms with Crippen LogP contribution in [0.5, 0.6) is 0 Å². The van der Waals surface area contributed by atoms with Crippen molar-refractivity contribution >= 4 is 17.9 Å². The van der Waals surface area contributed by atoms with Crippen LogP contribution in [0.1, 0.15) is 31.9 Å². The Morgan fingerprint density at radius 3 is 1.96 bits per heavy atom. The third-order valence-corrected chi connectivity index (χ3v) is 4.22. The minimum atomic E-state index is -0.947. The Hall–Kier alpha value is -2.45. The maximum Gasteiger partial charge on any atom is 0.303 e. The molecule has 2 unspecified atom stereocenters. The van der Waals surface area contributed by atoms with Crippen molar-refractivity contribution < 1.29 is 38.1 Å². The lowest BCUT2D eigenvalue weighted by Crippen LogP contribution is -2.57.